The van der Waals surface area contributed by atoms with Gasteiger partial charge in [-0.2, -0.15) is 0 Å². The Kier molecular flexibility index (Phi) is 1.86. The normalized spacial score (nSPS) is 36.8. The molecule has 0 aromatic carbocycles. The minimum absolute atomic E-state index is 0.517. The highest BCUT2D eigenvalue weighted by atomic mass is 16.5. The molecule has 1 rings (SSSR count). The highest BCUT2D eigenvalue weighted by Gasteiger charge is 2.26. The van der Waals surface area contributed by atoms with Gasteiger partial charge in [-0.05, 0) is 25.3 Å². The fraction of sp³-hybridized carbons (Fsp3) is 1.00. The highest BCUT2D eigenvalue weighted by Crippen LogP contribution is 2.27. The zero-order chi connectivity index (χ0) is 5.98. The molecule has 0 aromatic heterocycles. The van der Waals surface area contributed by atoms with Gasteiger partial charge in [0.25, 0.3) is 0 Å². The Morgan fingerprint density at radius 3 is 2.62 bits per heavy atom. The standard InChI is InChI=1S/C6H13NO/c1-8-6-2-5(3-6)4-7/h5-6H,2-4,7H2,1H3/t5-,6+. The summed E-state index contributed by atoms with van der Waals surface area (Å²) >= 11 is 0. The molecule has 2 N–H and O–H groups in total. The molecule has 0 aromatic rings. The van der Waals surface area contributed by atoms with E-state index >= 15 is 0 Å². The van der Waals surface area contributed by atoms with Gasteiger partial charge in [-0.3, -0.25) is 0 Å². The quantitative estimate of drug-likeness (QED) is 0.564. The molecule has 0 saturated heterocycles. The van der Waals surface area contributed by atoms with Crippen molar-refractivity contribution in [3.63, 3.8) is 0 Å². The van der Waals surface area contributed by atoms with Gasteiger partial charge in [0, 0.05) is 7.11 Å². The van der Waals surface area contributed by atoms with Crippen molar-refractivity contribution in [3.8, 4) is 0 Å². The first-order valence-corrected chi connectivity index (χ1v) is 3.09. The van der Waals surface area contributed by atoms with Crippen molar-refractivity contribution < 1.29 is 4.74 Å². The van der Waals surface area contributed by atoms with E-state index in [-0.39, 0.29) is 0 Å². The minimum Gasteiger partial charge on any atom is -0.381 e. The fourth-order valence-corrected chi connectivity index (χ4v) is 1.06. The lowest BCUT2D eigenvalue weighted by molar-refractivity contribution is 0.00431. The maximum absolute atomic E-state index is 5.40. The third-order valence-electron chi connectivity index (χ3n) is 1.86. The van der Waals surface area contributed by atoms with E-state index in [0.29, 0.717) is 6.10 Å². The van der Waals surface area contributed by atoms with E-state index in [1.807, 2.05) is 0 Å². The molecule has 1 fully saturated rings. The van der Waals surface area contributed by atoms with Crippen LogP contribution in [0.25, 0.3) is 0 Å². The molecule has 1 aliphatic carbocycles. The second kappa shape index (κ2) is 2.46. The molecule has 1 saturated carbocycles. The zero-order valence-electron chi connectivity index (χ0n) is 5.26. The monoisotopic (exact) mass is 115 g/mol. The lowest BCUT2D eigenvalue weighted by atomic mass is 9.82. The van der Waals surface area contributed by atoms with Gasteiger partial charge in [-0.1, -0.05) is 0 Å². The van der Waals surface area contributed by atoms with Gasteiger partial charge >= 0.3 is 0 Å². The zero-order valence-corrected chi connectivity index (χ0v) is 5.26. The van der Waals surface area contributed by atoms with Crippen LogP contribution in [0.4, 0.5) is 0 Å². The van der Waals surface area contributed by atoms with Crippen LogP contribution in [0.3, 0.4) is 0 Å². The Bertz CT molecular complexity index is 60.9. The maximum atomic E-state index is 5.40. The molecule has 2 nitrogen and oxygen atoms in total. The van der Waals surface area contributed by atoms with Crippen molar-refractivity contribution in [3.05, 3.63) is 0 Å². The summed E-state index contributed by atoms with van der Waals surface area (Å²) in [5.41, 5.74) is 5.40. The lowest BCUT2D eigenvalue weighted by Crippen LogP contribution is -2.34. The van der Waals surface area contributed by atoms with E-state index < -0.39 is 0 Å². The molecule has 0 radical (unpaired) electrons. The molecule has 0 amide bonds. The maximum Gasteiger partial charge on any atom is 0.0577 e. The first-order valence-electron chi connectivity index (χ1n) is 3.09. The Labute approximate surface area is 50.0 Å². The SMILES string of the molecule is CO[C@H]1C[C@@H](CN)C1. The molecule has 0 unspecified atom stereocenters. The van der Waals surface area contributed by atoms with Gasteiger partial charge in [0.15, 0.2) is 0 Å². The van der Waals surface area contributed by atoms with Crippen LogP contribution in [0.1, 0.15) is 12.8 Å². The van der Waals surface area contributed by atoms with Crippen molar-refractivity contribution >= 4 is 0 Å². The van der Waals surface area contributed by atoms with Crippen LogP contribution >= 0.6 is 0 Å². The summed E-state index contributed by atoms with van der Waals surface area (Å²) in [6.45, 7) is 0.833. The van der Waals surface area contributed by atoms with Gasteiger partial charge in [0.2, 0.25) is 0 Å². The average molecular weight is 115 g/mol. The Balaban J connectivity index is 2.03. The molecule has 8 heavy (non-hydrogen) atoms. The Morgan fingerprint density at radius 2 is 2.25 bits per heavy atom. The number of nitrogens with two attached hydrogens (primary N) is 1. The fourth-order valence-electron chi connectivity index (χ4n) is 1.06. The van der Waals surface area contributed by atoms with E-state index in [4.69, 9.17) is 10.5 Å². The van der Waals surface area contributed by atoms with E-state index in [1.54, 1.807) is 7.11 Å². The molecular formula is C6H13NO. The molecule has 0 spiro atoms. The number of methoxy groups -OCH3 is 1. The third kappa shape index (κ3) is 1.01. The summed E-state index contributed by atoms with van der Waals surface area (Å²) < 4.78 is 5.06. The molecule has 0 heterocycles. The topological polar surface area (TPSA) is 35.2 Å². The minimum atomic E-state index is 0.517. The number of rotatable bonds is 2. The molecule has 0 aliphatic heterocycles. The Morgan fingerprint density at radius 1 is 1.62 bits per heavy atom. The van der Waals surface area contributed by atoms with E-state index in [0.717, 1.165) is 12.5 Å². The molecule has 2 heteroatoms. The van der Waals surface area contributed by atoms with Crippen LogP contribution in [0.2, 0.25) is 0 Å². The lowest BCUT2D eigenvalue weighted by Gasteiger charge is -2.32. The third-order valence-corrected chi connectivity index (χ3v) is 1.86. The Hall–Kier alpha value is -0.0800. The van der Waals surface area contributed by atoms with E-state index in [1.165, 1.54) is 12.8 Å². The van der Waals surface area contributed by atoms with Crippen molar-refractivity contribution in [2.75, 3.05) is 13.7 Å². The predicted molar refractivity (Wildman–Crippen MR) is 32.6 cm³/mol. The summed E-state index contributed by atoms with van der Waals surface area (Å²) in [6, 6.07) is 0. The first-order chi connectivity index (χ1) is 3.86. The van der Waals surface area contributed by atoms with Crippen LogP contribution in [0.5, 0.6) is 0 Å². The smallest absolute Gasteiger partial charge is 0.0577 e. The first kappa shape index (κ1) is 6.05. The molecular weight excluding hydrogens is 102 g/mol. The van der Waals surface area contributed by atoms with Crippen molar-refractivity contribution in [2.45, 2.75) is 18.9 Å². The van der Waals surface area contributed by atoms with Crippen molar-refractivity contribution in [1.82, 2.24) is 0 Å². The van der Waals surface area contributed by atoms with Gasteiger partial charge in [0.05, 0.1) is 6.10 Å². The average Bonchev–Trinajstić information content (AvgIpc) is 1.65. The van der Waals surface area contributed by atoms with Gasteiger partial charge in [-0.15, -0.1) is 0 Å². The number of ether oxygens (including phenoxy) is 1. The van der Waals surface area contributed by atoms with Crippen LogP contribution < -0.4 is 5.73 Å². The van der Waals surface area contributed by atoms with Crippen molar-refractivity contribution in [2.24, 2.45) is 11.7 Å². The summed E-state index contributed by atoms with van der Waals surface area (Å²) in [6.07, 6.45) is 2.86. The molecule has 0 atom stereocenters. The van der Waals surface area contributed by atoms with Crippen LogP contribution in [-0.4, -0.2) is 19.8 Å². The summed E-state index contributed by atoms with van der Waals surface area (Å²) in [5.74, 6) is 0.750. The number of hydrogen-bond acceptors (Lipinski definition) is 2. The summed E-state index contributed by atoms with van der Waals surface area (Å²) in [5, 5.41) is 0. The summed E-state index contributed by atoms with van der Waals surface area (Å²) in [7, 11) is 1.76. The molecule has 0 bridgehead atoms. The van der Waals surface area contributed by atoms with Crippen molar-refractivity contribution in [1.29, 1.82) is 0 Å². The second-order valence-corrected chi connectivity index (χ2v) is 2.43. The van der Waals surface area contributed by atoms with Crippen LogP contribution in [-0.2, 0) is 4.74 Å². The van der Waals surface area contributed by atoms with Gasteiger partial charge < -0.3 is 10.5 Å². The van der Waals surface area contributed by atoms with Crippen LogP contribution in [0.15, 0.2) is 0 Å². The molecule has 48 valence electrons. The predicted octanol–water partition coefficient (Wildman–Crippen LogP) is 0.370. The molecule has 1 aliphatic rings. The second-order valence-electron chi connectivity index (χ2n) is 2.43. The highest BCUT2D eigenvalue weighted by molar-refractivity contribution is 4.79. The largest absolute Gasteiger partial charge is 0.381 e. The van der Waals surface area contributed by atoms with Crippen LogP contribution in [0, 0.1) is 5.92 Å². The van der Waals surface area contributed by atoms with E-state index in [9.17, 15) is 0 Å². The summed E-state index contributed by atoms with van der Waals surface area (Å²) in [4.78, 5) is 0. The van der Waals surface area contributed by atoms with E-state index in [2.05, 4.69) is 0 Å². The van der Waals surface area contributed by atoms with Gasteiger partial charge in [-0.25, -0.2) is 0 Å². The van der Waals surface area contributed by atoms with Gasteiger partial charge in [0.1, 0.15) is 0 Å². The number of hydrogen-bond donors (Lipinski definition) is 1.